The molecule has 0 heterocycles. The number of hydrogen-bond donors (Lipinski definition) is 2. The number of carboxylic acids is 1. The summed E-state index contributed by atoms with van der Waals surface area (Å²) in [5.74, 6) is -1.70. The Morgan fingerprint density at radius 1 is 1.73 bits per heavy atom. The van der Waals surface area contributed by atoms with E-state index in [4.69, 9.17) is 18.8 Å². The number of aliphatic hydroxyl groups is 1. The summed E-state index contributed by atoms with van der Waals surface area (Å²) in [4.78, 5) is 10.5. The summed E-state index contributed by atoms with van der Waals surface area (Å²) >= 11 is 0. The van der Waals surface area contributed by atoms with E-state index in [2.05, 4.69) is 0 Å². The summed E-state index contributed by atoms with van der Waals surface area (Å²) in [7, 11) is 0. The predicted octanol–water partition coefficient (Wildman–Crippen LogP) is -0.472. The van der Waals surface area contributed by atoms with Crippen LogP contribution in [0.4, 0.5) is 0 Å². The maximum Gasteiger partial charge on any atom is 0.306 e. The minimum atomic E-state index is -3.63. The lowest BCUT2D eigenvalue weighted by atomic mass is 10.2. The third-order valence-electron chi connectivity index (χ3n) is 0.775. The van der Waals surface area contributed by atoms with E-state index in [1.165, 1.54) is 0 Å². The molecule has 4 nitrogen and oxygen atoms in total. The van der Waals surface area contributed by atoms with Gasteiger partial charge in [0.05, 0.1) is 41.1 Å². The molecule has 0 aliphatic rings. The molecule has 0 aromatic heterocycles. The highest BCUT2D eigenvalue weighted by Crippen LogP contribution is 1.98. The third kappa shape index (κ3) is 7.29. The third-order valence-corrected chi connectivity index (χ3v) is 0.775. The van der Waals surface area contributed by atoms with E-state index in [0.717, 1.165) is 0 Å². The van der Waals surface area contributed by atoms with Crippen LogP contribution in [0.3, 0.4) is 0 Å². The number of quaternary nitrogens is 1. The molecule has 0 rings (SSSR count). The van der Waals surface area contributed by atoms with Crippen molar-refractivity contribution < 1.29 is 33.2 Å². The highest BCUT2D eigenvalue weighted by Gasteiger charge is 2.17. The van der Waals surface area contributed by atoms with E-state index in [1.807, 2.05) is 0 Å². The second kappa shape index (κ2) is 3.69. The zero-order chi connectivity index (χ0) is 17.5. The first-order chi connectivity index (χ1) is 8.87. The van der Waals surface area contributed by atoms with Crippen molar-refractivity contribution in [2.24, 2.45) is 0 Å². The van der Waals surface area contributed by atoms with Crippen molar-refractivity contribution in [3.63, 3.8) is 0 Å². The Hall–Kier alpha value is -0.610. The Morgan fingerprint density at radius 3 is 2.64 bits per heavy atom. The van der Waals surface area contributed by atoms with Gasteiger partial charge in [0.25, 0.3) is 0 Å². The van der Waals surface area contributed by atoms with Gasteiger partial charge < -0.3 is 14.7 Å². The van der Waals surface area contributed by atoms with Crippen LogP contribution in [-0.4, -0.2) is 54.2 Å². The van der Waals surface area contributed by atoms with Crippen molar-refractivity contribution >= 4 is 5.97 Å². The van der Waals surface area contributed by atoms with Crippen LogP contribution < -0.4 is 0 Å². The number of rotatable bonds is 4. The van der Waals surface area contributed by atoms with E-state index in [9.17, 15) is 9.90 Å². The summed E-state index contributed by atoms with van der Waals surface area (Å²) in [6.45, 7) is -12.5. The second-order valence-corrected chi connectivity index (χ2v) is 2.10. The van der Waals surface area contributed by atoms with Crippen LogP contribution in [0.5, 0.6) is 0 Å². The SMILES string of the molecule is [2H]C([2H])([2H])[N+](C[C@@]([2H])(O)CC(=O)O)(C([2H])([2H])[2H])C([2H])([2H])[2H]. The fourth-order valence-corrected chi connectivity index (χ4v) is 0.504. The average molecular weight is 172 g/mol. The fraction of sp³-hybridized carbons (Fsp3) is 0.857. The summed E-state index contributed by atoms with van der Waals surface area (Å²) in [6.07, 6.45) is -4.40. The van der Waals surface area contributed by atoms with Gasteiger partial charge in [-0.05, 0) is 0 Å². The van der Waals surface area contributed by atoms with Gasteiger partial charge in [-0.25, -0.2) is 0 Å². The topological polar surface area (TPSA) is 57.5 Å². The molecule has 0 aliphatic carbocycles. The van der Waals surface area contributed by atoms with Crippen molar-refractivity contribution in [1.29, 1.82) is 0 Å². The number of likely N-dealkylation sites (N-methyl/N-ethyl adjacent to an activating group) is 1. The molecule has 0 aromatic rings. The molecule has 0 amide bonds. The zero-order valence-electron chi connectivity index (χ0n) is 15.7. The minimum absolute atomic E-state index is 1.32. The lowest BCUT2D eigenvalue weighted by molar-refractivity contribution is -0.873. The normalized spacial score (nSPS) is 34.3. The number of hydrogen-bond acceptors (Lipinski definition) is 2. The second-order valence-electron chi connectivity index (χ2n) is 2.10. The molecule has 0 spiro atoms. The van der Waals surface area contributed by atoms with Crippen molar-refractivity contribution in [2.75, 3.05) is 27.5 Å². The first kappa shape index (κ1) is 2.44. The molecule has 0 fully saturated rings. The minimum Gasteiger partial charge on any atom is -0.481 e. The Bertz CT molecular complexity index is 359. The van der Waals surface area contributed by atoms with Crippen molar-refractivity contribution in [3.8, 4) is 0 Å². The van der Waals surface area contributed by atoms with Crippen molar-refractivity contribution in [1.82, 2.24) is 0 Å². The van der Waals surface area contributed by atoms with E-state index in [1.54, 1.807) is 0 Å². The number of carboxylic acid groups (broad SMARTS) is 1. The molecular formula is C7H16NO3+. The highest BCUT2D eigenvalue weighted by atomic mass is 16.4. The van der Waals surface area contributed by atoms with Crippen LogP contribution >= 0.6 is 0 Å². The molecule has 0 saturated carbocycles. The van der Waals surface area contributed by atoms with Gasteiger partial charge in [-0.1, -0.05) is 0 Å². The molecule has 1 atom stereocenters. The van der Waals surface area contributed by atoms with Crippen molar-refractivity contribution in [3.05, 3.63) is 0 Å². The van der Waals surface area contributed by atoms with Crippen LogP contribution in [0.15, 0.2) is 0 Å². The maximum atomic E-state index is 10.5. The van der Waals surface area contributed by atoms with Crippen LogP contribution in [-0.2, 0) is 4.79 Å². The maximum absolute atomic E-state index is 10.5. The molecule has 0 radical (unpaired) electrons. The molecule has 0 aliphatic heterocycles. The van der Waals surface area contributed by atoms with Gasteiger partial charge in [0, 0.05) is 0 Å². The Kier molecular flexibility index (Phi) is 0.817. The van der Waals surface area contributed by atoms with Crippen LogP contribution in [0.25, 0.3) is 0 Å². The number of nitrogens with zero attached hydrogens (tertiary/aromatic N) is 1. The zero-order valence-corrected chi connectivity index (χ0v) is 5.66. The van der Waals surface area contributed by atoms with Gasteiger partial charge in [0.1, 0.15) is 12.6 Å². The van der Waals surface area contributed by atoms with E-state index in [0.29, 0.717) is 0 Å². The molecule has 11 heavy (non-hydrogen) atoms. The smallest absolute Gasteiger partial charge is 0.306 e. The molecule has 0 saturated heterocycles. The van der Waals surface area contributed by atoms with Gasteiger partial charge in [0.15, 0.2) is 0 Å². The standard InChI is InChI=1S/C7H15NO3/c1-8(2,3)5-6(9)4-7(10)11/h6,9H,4-5H2,1-3H3/p+1/t6-/m0/s1/i1D3,2D3,3D3,6D. The van der Waals surface area contributed by atoms with Gasteiger partial charge in [0.2, 0.25) is 0 Å². The molecule has 0 unspecified atom stereocenters. The largest absolute Gasteiger partial charge is 0.481 e. The van der Waals surface area contributed by atoms with Gasteiger partial charge in [-0.15, -0.1) is 0 Å². The summed E-state index contributed by atoms with van der Waals surface area (Å²) in [6, 6.07) is 0. The summed E-state index contributed by atoms with van der Waals surface area (Å²) < 4.78 is 70.1. The Morgan fingerprint density at radius 2 is 2.27 bits per heavy atom. The summed E-state index contributed by atoms with van der Waals surface area (Å²) in [5.41, 5.74) is 0. The highest BCUT2D eigenvalue weighted by molar-refractivity contribution is 5.67. The fourth-order valence-electron chi connectivity index (χ4n) is 0.504. The quantitative estimate of drug-likeness (QED) is 0.564. The first-order valence-electron chi connectivity index (χ1n) is 7.70. The Labute approximate surface area is 80.7 Å². The first-order valence-corrected chi connectivity index (χ1v) is 2.70. The van der Waals surface area contributed by atoms with Crippen LogP contribution in [0.1, 0.15) is 20.1 Å². The van der Waals surface area contributed by atoms with Gasteiger partial charge >= 0.3 is 5.97 Å². The molecule has 66 valence electrons. The average Bonchev–Trinajstić information content (AvgIpc) is 2.05. The van der Waals surface area contributed by atoms with Crippen molar-refractivity contribution in [2.45, 2.75) is 12.5 Å². The lowest BCUT2D eigenvalue weighted by Gasteiger charge is -2.25. The van der Waals surface area contributed by atoms with Gasteiger partial charge in [-0.2, -0.15) is 0 Å². The Balaban J connectivity index is 6.13. The molecule has 0 bridgehead atoms. The molecule has 4 heteroatoms. The number of carbonyl (C=O) groups is 1. The molecule has 0 aromatic carbocycles. The van der Waals surface area contributed by atoms with Crippen LogP contribution in [0, 0.1) is 0 Å². The van der Waals surface area contributed by atoms with E-state index in [-0.39, 0.29) is 0 Å². The number of aliphatic carboxylic acids is 1. The van der Waals surface area contributed by atoms with Crippen LogP contribution in [0.2, 0.25) is 0 Å². The van der Waals surface area contributed by atoms with E-state index >= 15 is 0 Å². The van der Waals surface area contributed by atoms with E-state index < -0.39 is 50.4 Å². The van der Waals surface area contributed by atoms with Gasteiger partial charge in [-0.3, -0.25) is 4.79 Å². The monoisotopic (exact) mass is 172 g/mol. The lowest BCUT2D eigenvalue weighted by Crippen LogP contribution is -2.42. The summed E-state index contributed by atoms with van der Waals surface area (Å²) in [5, 5.41) is 18.2. The molecule has 2 N–H and O–H groups in total. The molecular weight excluding hydrogens is 146 g/mol. The predicted molar refractivity (Wildman–Crippen MR) is 41.2 cm³/mol.